The molecule has 1 rings (SSSR count). The summed E-state index contributed by atoms with van der Waals surface area (Å²) < 4.78 is 0. The number of nitrogens with zero attached hydrogens (tertiary/aromatic N) is 2. The fourth-order valence-corrected chi connectivity index (χ4v) is 2.57. The Morgan fingerprint density at radius 2 is 1.76 bits per heavy atom. The van der Waals surface area contributed by atoms with Gasteiger partial charge >= 0.3 is 0 Å². The maximum atomic E-state index is 12.7. The molecule has 0 radical (unpaired) electrons. The van der Waals surface area contributed by atoms with Gasteiger partial charge in [-0.15, -0.1) is 0 Å². The number of nitrogen functional groups attached to an aromatic ring is 1. The molecule has 0 atom stereocenters. The van der Waals surface area contributed by atoms with Gasteiger partial charge in [0.2, 0.25) is 0 Å². The molecule has 0 bridgehead atoms. The number of benzene rings is 1. The number of aryl methyl sites for hydroxylation is 1. The van der Waals surface area contributed by atoms with Crippen LogP contribution in [-0.2, 0) is 0 Å². The van der Waals surface area contributed by atoms with Gasteiger partial charge in [-0.1, -0.05) is 26.0 Å². The predicted molar refractivity (Wildman–Crippen MR) is 89.6 cm³/mol. The van der Waals surface area contributed by atoms with Crippen molar-refractivity contribution in [2.75, 3.05) is 38.5 Å². The van der Waals surface area contributed by atoms with Gasteiger partial charge in [0.25, 0.3) is 5.91 Å². The minimum absolute atomic E-state index is 0.0487. The van der Waals surface area contributed by atoms with Crippen molar-refractivity contribution in [1.29, 1.82) is 0 Å². The Bertz CT molecular complexity index is 435. The number of hydrogen-bond acceptors (Lipinski definition) is 3. The Balaban J connectivity index is 2.69. The third-order valence-corrected chi connectivity index (χ3v) is 3.98. The van der Waals surface area contributed by atoms with Gasteiger partial charge in [0.15, 0.2) is 0 Å². The summed E-state index contributed by atoms with van der Waals surface area (Å²) in [6, 6.07) is 5.62. The zero-order valence-corrected chi connectivity index (χ0v) is 13.9. The molecular formula is C17H29N3O. The van der Waals surface area contributed by atoms with Crippen LogP contribution in [0.25, 0.3) is 0 Å². The summed E-state index contributed by atoms with van der Waals surface area (Å²) in [4.78, 5) is 16.9. The van der Waals surface area contributed by atoms with Crippen molar-refractivity contribution in [2.45, 2.75) is 34.1 Å². The van der Waals surface area contributed by atoms with Gasteiger partial charge in [-0.2, -0.15) is 0 Å². The molecule has 0 aliphatic carbocycles. The van der Waals surface area contributed by atoms with E-state index in [9.17, 15) is 4.79 Å². The highest BCUT2D eigenvalue weighted by Gasteiger charge is 2.18. The third-order valence-electron chi connectivity index (χ3n) is 3.98. The van der Waals surface area contributed by atoms with Crippen LogP contribution in [0.5, 0.6) is 0 Å². The highest BCUT2D eigenvalue weighted by Crippen LogP contribution is 2.18. The second-order valence-corrected chi connectivity index (χ2v) is 5.30. The first-order valence-electron chi connectivity index (χ1n) is 7.91. The highest BCUT2D eigenvalue weighted by molar-refractivity contribution is 6.00. The van der Waals surface area contributed by atoms with E-state index in [1.54, 1.807) is 6.07 Å². The molecule has 4 nitrogen and oxygen atoms in total. The molecule has 0 saturated heterocycles. The number of anilines is 1. The molecule has 0 aromatic heterocycles. The van der Waals surface area contributed by atoms with Gasteiger partial charge in [-0.25, -0.2) is 0 Å². The SMILES string of the molecule is CCN(CC)CCCN(CC)C(=O)c1c(C)cccc1N. The van der Waals surface area contributed by atoms with E-state index >= 15 is 0 Å². The minimum Gasteiger partial charge on any atom is -0.398 e. The summed E-state index contributed by atoms with van der Waals surface area (Å²) in [5, 5.41) is 0. The van der Waals surface area contributed by atoms with Crippen LogP contribution in [0.15, 0.2) is 18.2 Å². The summed E-state index contributed by atoms with van der Waals surface area (Å²) in [6.45, 7) is 12.9. The lowest BCUT2D eigenvalue weighted by Gasteiger charge is -2.24. The fraction of sp³-hybridized carbons (Fsp3) is 0.588. The number of carbonyl (C=O) groups is 1. The van der Waals surface area contributed by atoms with Crippen LogP contribution >= 0.6 is 0 Å². The number of rotatable bonds is 8. The van der Waals surface area contributed by atoms with Gasteiger partial charge in [0.1, 0.15) is 0 Å². The normalized spacial score (nSPS) is 10.9. The molecule has 1 aromatic rings. The van der Waals surface area contributed by atoms with E-state index in [0.717, 1.165) is 38.2 Å². The van der Waals surface area contributed by atoms with Crippen LogP contribution < -0.4 is 5.73 Å². The lowest BCUT2D eigenvalue weighted by Crippen LogP contribution is -2.35. The van der Waals surface area contributed by atoms with Gasteiger partial charge in [0.05, 0.1) is 5.56 Å². The van der Waals surface area contributed by atoms with Crippen LogP contribution in [-0.4, -0.2) is 48.4 Å². The van der Waals surface area contributed by atoms with E-state index in [0.29, 0.717) is 17.8 Å². The Hall–Kier alpha value is -1.55. The van der Waals surface area contributed by atoms with Crippen molar-refractivity contribution >= 4 is 11.6 Å². The second kappa shape index (κ2) is 8.67. The number of carbonyl (C=O) groups excluding carboxylic acids is 1. The summed E-state index contributed by atoms with van der Waals surface area (Å²) >= 11 is 0. The molecule has 4 heteroatoms. The van der Waals surface area contributed by atoms with E-state index in [1.807, 2.05) is 30.9 Å². The van der Waals surface area contributed by atoms with Crippen molar-refractivity contribution in [3.8, 4) is 0 Å². The summed E-state index contributed by atoms with van der Waals surface area (Å²) in [5.41, 5.74) is 8.15. The Labute approximate surface area is 128 Å². The largest absolute Gasteiger partial charge is 0.398 e. The molecule has 0 saturated carbocycles. The predicted octanol–water partition coefficient (Wildman–Crippen LogP) is 2.77. The smallest absolute Gasteiger partial charge is 0.256 e. The average Bonchev–Trinajstić information content (AvgIpc) is 2.47. The van der Waals surface area contributed by atoms with Crippen LogP contribution in [0.2, 0.25) is 0 Å². The Morgan fingerprint density at radius 3 is 2.29 bits per heavy atom. The first-order valence-corrected chi connectivity index (χ1v) is 7.91. The maximum absolute atomic E-state index is 12.7. The van der Waals surface area contributed by atoms with Crippen LogP contribution in [0.1, 0.15) is 43.1 Å². The van der Waals surface area contributed by atoms with E-state index < -0.39 is 0 Å². The lowest BCUT2D eigenvalue weighted by atomic mass is 10.1. The van der Waals surface area contributed by atoms with Crippen molar-refractivity contribution < 1.29 is 4.79 Å². The van der Waals surface area contributed by atoms with Crippen LogP contribution in [0, 0.1) is 6.92 Å². The third kappa shape index (κ3) is 4.74. The molecule has 21 heavy (non-hydrogen) atoms. The molecule has 0 fully saturated rings. The molecule has 0 spiro atoms. The molecule has 0 heterocycles. The van der Waals surface area contributed by atoms with Crippen molar-refractivity contribution in [3.05, 3.63) is 29.3 Å². The van der Waals surface area contributed by atoms with Crippen molar-refractivity contribution in [1.82, 2.24) is 9.80 Å². The van der Waals surface area contributed by atoms with Gasteiger partial charge in [-0.3, -0.25) is 4.79 Å². The van der Waals surface area contributed by atoms with Crippen molar-refractivity contribution in [2.24, 2.45) is 0 Å². The molecule has 118 valence electrons. The van der Waals surface area contributed by atoms with E-state index in [2.05, 4.69) is 18.7 Å². The molecule has 2 N–H and O–H groups in total. The summed E-state index contributed by atoms with van der Waals surface area (Å²) in [6.07, 6.45) is 0.993. The van der Waals surface area contributed by atoms with E-state index in [4.69, 9.17) is 5.73 Å². The standard InChI is InChI=1S/C17H29N3O/c1-5-19(6-2)12-9-13-20(7-3)17(21)16-14(4)10-8-11-15(16)18/h8,10-11H,5-7,9,12-13,18H2,1-4H3. The summed E-state index contributed by atoms with van der Waals surface area (Å²) in [5.74, 6) is 0.0487. The number of hydrogen-bond donors (Lipinski definition) is 1. The lowest BCUT2D eigenvalue weighted by molar-refractivity contribution is 0.0758. The zero-order chi connectivity index (χ0) is 15.8. The number of amides is 1. The minimum atomic E-state index is 0.0487. The number of nitrogens with two attached hydrogens (primary N) is 1. The Morgan fingerprint density at radius 1 is 1.10 bits per heavy atom. The molecule has 0 aliphatic heterocycles. The molecule has 1 amide bonds. The van der Waals surface area contributed by atoms with Gasteiger partial charge in [-0.05, 0) is 51.5 Å². The molecule has 0 unspecified atom stereocenters. The van der Waals surface area contributed by atoms with Crippen LogP contribution in [0.3, 0.4) is 0 Å². The average molecular weight is 291 g/mol. The quantitative estimate of drug-likeness (QED) is 0.749. The zero-order valence-electron chi connectivity index (χ0n) is 13.9. The van der Waals surface area contributed by atoms with Crippen molar-refractivity contribution in [3.63, 3.8) is 0 Å². The van der Waals surface area contributed by atoms with Gasteiger partial charge in [0, 0.05) is 18.8 Å². The summed E-state index contributed by atoms with van der Waals surface area (Å²) in [7, 11) is 0. The molecule has 1 aromatic carbocycles. The highest BCUT2D eigenvalue weighted by atomic mass is 16.2. The van der Waals surface area contributed by atoms with E-state index in [-0.39, 0.29) is 5.91 Å². The van der Waals surface area contributed by atoms with Crippen LogP contribution in [0.4, 0.5) is 5.69 Å². The first kappa shape index (κ1) is 17.5. The molecule has 0 aliphatic rings. The maximum Gasteiger partial charge on any atom is 0.256 e. The second-order valence-electron chi connectivity index (χ2n) is 5.30. The Kier molecular flexibility index (Phi) is 7.23. The monoisotopic (exact) mass is 291 g/mol. The van der Waals surface area contributed by atoms with E-state index in [1.165, 1.54) is 0 Å². The molecular weight excluding hydrogens is 262 g/mol. The fourth-order valence-electron chi connectivity index (χ4n) is 2.57. The first-order chi connectivity index (χ1) is 10.0. The van der Waals surface area contributed by atoms with Gasteiger partial charge < -0.3 is 15.5 Å². The topological polar surface area (TPSA) is 49.6 Å².